The van der Waals surface area contributed by atoms with Crippen molar-refractivity contribution in [1.82, 2.24) is 9.55 Å². The zero-order chi connectivity index (χ0) is 15.0. The third-order valence-corrected chi connectivity index (χ3v) is 5.73. The largest absolute Gasteiger partial charge is 0.324 e. The van der Waals surface area contributed by atoms with Gasteiger partial charge in [0.25, 0.3) is 0 Å². The van der Waals surface area contributed by atoms with Gasteiger partial charge in [0, 0.05) is 12.1 Å². The second-order valence-electron chi connectivity index (χ2n) is 5.93. The van der Waals surface area contributed by atoms with Crippen molar-refractivity contribution in [2.24, 2.45) is 5.92 Å². The molecule has 5 heteroatoms. The maximum Gasteiger partial charge on any atom is 0.138 e. The van der Waals surface area contributed by atoms with E-state index in [4.69, 9.17) is 11.6 Å². The average Bonchev–Trinajstić information content (AvgIpc) is 2.85. The monoisotopic (exact) mass is 420 g/mol. The van der Waals surface area contributed by atoms with E-state index >= 15 is 0 Å². The molecule has 1 fully saturated rings. The summed E-state index contributed by atoms with van der Waals surface area (Å²) in [5.74, 6) is 1.68. The highest BCUT2D eigenvalue weighted by Crippen LogP contribution is 2.36. The Labute approximate surface area is 143 Å². The summed E-state index contributed by atoms with van der Waals surface area (Å²) in [7, 11) is 0. The fraction of sp³-hybridized carbons (Fsp3) is 0.562. The van der Waals surface area contributed by atoms with Crippen molar-refractivity contribution in [1.29, 1.82) is 0 Å². The number of rotatable bonds is 3. The van der Waals surface area contributed by atoms with E-state index in [0.717, 1.165) is 16.9 Å². The van der Waals surface area contributed by atoms with Gasteiger partial charge in [-0.05, 0) is 54.3 Å². The Morgan fingerprint density at radius 3 is 2.76 bits per heavy atom. The minimum absolute atomic E-state index is 0.179. The Morgan fingerprint density at radius 1 is 1.38 bits per heavy atom. The van der Waals surface area contributed by atoms with Crippen LogP contribution < -0.4 is 0 Å². The van der Waals surface area contributed by atoms with Crippen LogP contribution >= 0.6 is 34.2 Å². The molecule has 0 amide bonds. The second kappa shape index (κ2) is 6.41. The molecule has 0 bridgehead atoms. The van der Waals surface area contributed by atoms with Crippen LogP contribution in [-0.4, -0.2) is 9.55 Å². The highest BCUT2D eigenvalue weighted by atomic mass is 127. The Kier molecular flexibility index (Phi) is 4.74. The van der Waals surface area contributed by atoms with Gasteiger partial charge in [-0.1, -0.05) is 19.3 Å². The van der Waals surface area contributed by atoms with E-state index in [1.54, 1.807) is 6.07 Å². The normalized spacial score (nSPS) is 18.3. The van der Waals surface area contributed by atoms with Gasteiger partial charge in [-0.3, -0.25) is 0 Å². The molecule has 1 heterocycles. The molecular formula is C16H19ClFIN2. The molecule has 1 aliphatic carbocycles. The van der Waals surface area contributed by atoms with Crippen LogP contribution in [0.2, 0.25) is 0 Å². The van der Waals surface area contributed by atoms with Gasteiger partial charge in [0.2, 0.25) is 0 Å². The van der Waals surface area contributed by atoms with Gasteiger partial charge >= 0.3 is 0 Å². The molecule has 1 aliphatic rings. The van der Waals surface area contributed by atoms with Crippen LogP contribution in [0.1, 0.15) is 50.9 Å². The lowest BCUT2D eigenvalue weighted by atomic mass is 9.84. The minimum Gasteiger partial charge on any atom is -0.324 e. The van der Waals surface area contributed by atoms with Gasteiger partial charge in [0.1, 0.15) is 11.6 Å². The van der Waals surface area contributed by atoms with E-state index < -0.39 is 0 Å². The SMILES string of the molecule is CC(C1CCCCC1)n1c(CCl)nc2cc(I)c(F)cc21. The van der Waals surface area contributed by atoms with Gasteiger partial charge in [-0.2, -0.15) is 0 Å². The molecule has 1 atom stereocenters. The van der Waals surface area contributed by atoms with Crippen molar-refractivity contribution in [3.8, 4) is 0 Å². The Bertz CT molecular complexity index is 649. The van der Waals surface area contributed by atoms with E-state index in [0.29, 0.717) is 21.4 Å². The molecule has 2 aromatic rings. The first-order chi connectivity index (χ1) is 10.1. The third kappa shape index (κ3) is 2.93. The zero-order valence-corrected chi connectivity index (χ0v) is 15.0. The predicted octanol–water partition coefficient (Wildman–Crippen LogP) is 5.66. The van der Waals surface area contributed by atoms with Crippen molar-refractivity contribution in [3.05, 3.63) is 27.3 Å². The van der Waals surface area contributed by atoms with Crippen LogP contribution in [0.4, 0.5) is 4.39 Å². The van der Waals surface area contributed by atoms with Gasteiger partial charge < -0.3 is 4.57 Å². The van der Waals surface area contributed by atoms with Gasteiger partial charge in [-0.15, -0.1) is 11.6 Å². The van der Waals surface area contributed by atoms with Crippen LogP contribution in [-0.2, 0) is 5.88 Å². The predicted molar refractivity (Wildman–Crippen MR) is 93.3 cm³/mol. The smallest absolute Gasteiger partial charge is 0.138 e. The topological polar surface area (TPSA) is 17.8 Å². The number of alkyl halides is 1. The first-order valence-corrected chi connectivity index (χ1v) is 9.15. The van der Waals surface area contributed by atoms with E-state index in [-0.39, 0.29) is 5.82 Å². The van der Waals surface area contributed by atoms with Crippen LogP contribution in [0.15, 0.2) is 12.1 Å². The molecule has 21 heavy (non-hydrogen) atoms. The lowest BCUT2D eigenvalue weighted by Crippen LogP contribution is -2.20. The Hall–Kier alpha value is -0.360. The highest BCUT2D eigenvalue weighted by molar-refractivity contribution is 14.1. The van der Waals surface area contributed by atoms with Gasteiger partial charge in [0.05, 0.1) is 20.5 Å². The number of aromatic nitrogens is 2. The number of hydrogen-bond donors (Lipinski definition) is 0. The second-order valence-corrected chi connectivity index (χ2v) is 7.35. The van der Waals surface area contributed by atoms with Gasteiger partial charge in [-0.25, -0.2) is 9.37 Å². The Morgan fingerprint density at radius 2 is 2.10 bits per heavy atom. The summed E-state index contributed by atoms with van der Waals surface area (Å²) < 4.78 is 16.7. The van der Waals surface area contributed by atoms with Crippen LogP contribution in [0.5, 0.6) is 0 Å². The van der Waals surface area contributed by atoms with E-state index in [9.17, 15) is 4.39 Å². The molecule has 3 rings (SSSR count). The number of halogens is 3. The van der Waals surface area contributed by atoms with E-state index in [2.05, 4.69) is 16.5 Å². The third-order valence-electron chi connectivity index (χ3n) is 4.66. The maximum absolute atomic E-state index is 14.0. The number of fused-ring (bicyclic) bond motifs is 1. The summed E-state index contributed by atoms with van der Waals surface area (Å²) >= 11 is 8.10. The first kappa shape index (κ1) is 15.5. The standard InChI is InChI=1S/C16H19ClFIN2/c1-10(11-5-3-2-4-6-11)21-15-7-12(18)13(19)8-14(15)20-16(21)9-17/h7-8,10-11H,2-6,9H2,1H3. The molecule has 0 aliphatic heterocycles. The van der Waals surface area contributed by atoms with E-state index in [1.165, 1.54) is 32.1 Å². The summed E-state index contributed by atoms with van der Waals surface area (Å²) in [4.78, 5) is 4.61. The number of hydrogen-bond acceptors (Lipinski definition) is 1. The quantitative estimate of drug-likeness (QED) is 0.463. The van der Waals surface area contributed by atoms with Crippen molar-refractivity contribution < 1.29 is 4.39 Å². The zero-order valence-electron chi connectivity index (χ0n) is 12.1. The number of nitrogens with zero attached hydrogens (tertiary/aromatic N) is 2. The number of benzene rings is 1. The van der Waals surface area contributed by atoms with E-state index in [1.807, 2.05) is 28.7 Å². The van der Waals surface area contributed by atoms with Crippen molar-refractivity contribution in [2.75, 3.05) is 0 Å². The molecule has 114 valence electrons. The molecule has 1 unspecified atom stereocenters. The molecule has 1 aromatic heterocycles. The fourth-order valence-corrected chi connectivity index (χ4v) is 4.16. The van der Waals surface area contributed by atoms with Crippen LogP contribution in [0.25, 0.3) is 11.0 Å². The summed E-state index contributed by atoms with van der Waals surface area (Å²) in [6.45, 7) is 2.23. The van der Waals surface area contributed by atoms with Crippen LogP contribution in [0.3, 0.4) is 0 Å². The summed E-state index contributed by atoms with van der Waals surface area (Å²) in [6.07, 6.45) is 6.42. The fourth-order valence-electron chi connectivity index (χ4n) is 3.52. The maximum atomic E-state index is 14.0. The summed E-state index contributed by atoms with van der Waals surface area (Å²) in [5.41, 5.74) is 1.72. The lowest BCUT2D eigenvalue weighted by molar-refractivity contribution is 0.265. The molecule has 0 spiro atoms. The summed E-state index contributed by atoms with van der Waals surface area (Å²) in [6, 6.07) is 3.74. The lowest BCUT2D eigenvalue weighted by Gasteiger charge is -2.30. The molecule has 0 saturated heterocycles. The molecule has 1 saturated carbocycles. The Balaban J connectivity index is 2.08. The van der Waals surface area contributed by atoms with Crippen molar-refractivity contribution >= 4 is 45.2 Å². The van der Waals surface area contributed by atoms with Crippen molar-refractivity contribution in [3.63, 3.8) is 0 Å². The summed E-state index contributed by atoms with van der Waals surface area (Å²) in [5, 5.41) is 0. The van der Waals surface area contributed by atoms with Crippen molar-refractivity contribution in [2.45, 2.75) is 50.9 Å². The molecule has 0 radical (unpaired) electrons. The van der Waals surface area contributed by atoms with Crippen LogP contribution in [0, 0.1) is 15.3 Å². The molecule has 1 aromatic carbocycles. The molecule has 0 N–H and O–H groups in total. The number of imidazole rings is 1. The minimum atomic E-state index is -0.179. The molecular weight excluding hydrogens is 402 g/mol. The molecule has 2 nitrogen and oxygen atoms in total. The van der Waals surface area contributed by atoms with Gasteiger partial charge in [0.15, 0.2) is 0 Å². The highest BCUT2D eigenvalue weighted by Gasteiger charge is 2.25. The first-order valence-electron chi connectivity index (χ1n) is 7.53. The average molecular weight is 421 g/mol.